The van der Waals surface area contributed by atoms with Crippen LogP contribution in [0.1, 0.15) is 21.6 Å². The number of methoxy groups -OCH3 is 1. The fourth-order valence-corrected chi connectivity index (χ4v) is 4.75. The number of carbonyl (C=O) groups is 1. The van der Waals surface area contributed by atoms with E-state index >= 15 is 0 Å². The van der Waals surface area contributed by atoms with Crippen molar-refractivity contribution in [1.29, 1.82) is 0 Å². The predicted molar refractivity (Wildman–Crippen MR) is 135 cm³/mol. The summed E-state index contributed by atoms with van der Waals surface area (Å²) in [5.74, 6) is 1.58. The molecule has 6 rings (SSSR count). The molecule has 1 aromatic heterocycles. The normalized spacial score (nSPS) is 12.8. The molecule has 0 spiro atoms. The van der Waals surface area contributed by atoms with Crippen molar-refractivity contribution in [2.24, 2.45) is 0 Å². The van der Waals surface area contributed by atoms with Gasteiger partial charge in [-0.25, -0.2) is 0 Å². The molecule has 0 unspecified atom stereocenters. The number of aromatic amines is 1. The molecule has 34 heavy (non-hydrogen) atoms. The Hall–Kier alpha value is -4.25. The lowest BCUT2D eigenvalue weighted by molar-refractivity contribution is 0.0985. The van der Waals surface area contributed by atoms with Crippen LogP contribution >= 0.6 is 0 Å². The Kier molecular flexibility index (Phi) is 4.95. The molecule has 5 nitrogen and oxygen atoms in total. The van der Waals surface area contributed by atoms with E-state index in [2.05, 4.69) is 41.4 Å². The highest BCUT2D eigenvalue weighted by molar-refractivity contribution is 6.10. The third-order valence-corrected chi connectivity index (χ3v) is 6.51. The molecular weight excluding hydrogens is 424 g/mol. The molecule has 0 bridgehead atoms. The maximum atomic E-state index is 13.4. The summed E-state index contributed by atoms with van der Waals surface area (Å²) in [4.78, 5) is 18.6. The number of amides is 1. The van der Waals surface area contributed by atoms with Crippen molar-refractivity contribution in [2.45, 2.75) is 13.0 Å². The molecule has 1 aliphatic heterocycles. The van der Waals surface area contributed by atoms with Gasteiger partial charge in [-0.3, -0.25) is 4.79 Å². The zero-order chi connectivity index (χ0) is 23.1. The Morgan fingerprint density at radius 2 is 1.74 bits per heavy atom. The van der Waals surface area contributed by atoms with Crippen LogP contribution in [0, 0.1) is 0 Å². The summed E-state index contributed by atoms with van der Waals surface area (Å²) in [6.07, 6.45) is 0.814. The zero-order valence-electron chi connectivity index (χ0n) is 18.9. The molecule has 1 N–H and O–H groups in total. The van der Waals surface area contributed by atoms with Crippen molar-refractivity contribution in [3.8, 4) is 11.5 Å². The lowest BCUT2D eigenvalue weighted by atomic mass is 10.0. The number of hydrogen-bond donors (Lipinski definition) is 1. The van der Waals surface area contributed by atoms with Crippen molar-refractivity contribution in [2.75, 3.05) is 18.6 Å². The first-order valence-corrected chi connectivity index (χ1v) is 11.4. The van der Waals surface area contributed by atoms with Gasteiger partial charge in [-0.1, -0.05) is 42.5 Å². The second-order valence-electron chi connectivity index (χ2n) is 8.56. The van der Waals surface area contributed by atoms with Crippen molar-refractivity contribution < 1.29 is 14.3 Å². The Labute approximate surface area is 197 Å². The SMILES string of the molecule is COc1ccc2[nH]c(C(=O)N3CCc4c3ccc3ccc(OCc5ccccc5)cc43)cc2c1. The van der Waals surface area contributed by atoms with Crippen molar-refractivity contribution in [3.05, 3.63) is 102 Å². The third-order valence-electron chi connectivity index (χ3n) is 6.51. The molecule has 0 fully saturated rings. The fraction of sp³-hybridized carbons (Fsp3) is 0.138. The quantitative estimate of drug-likeness (QED) is 0.353. The summed E-state index contributed by atoms with van der Waals surface area (Å²) < 4.78 is 11.4. The van der Waals surface area contributed by atoms with Crippen LogP contribution in [0.5, 0.6) is 11.5 Å². The molecule has 1 amide bonds. The number of benzene rings is 4. The molecule has 5 aromatic rings. The maximum absolute atomic E-state index is 13.4. The number of aromatic nitrogens is 1. The minimum atomic E-state index is -0.0234. The van der Waals surface area contributed by atoms with E-state index in [1.165, 1.54) is 5.56 Å². The van der Waals surface area contributed by atoms with Crippen LogP contribution in [0.25, 0.3) is 21.7 Å². The molecule has 4 aromatic carbocycles. The van der Waals surface area contributed by atoms with Gasteiger partial charge in [0, 0.05) is 23.1 Å². The first-order valence-electron chi connectivity index (χ1n) is 11.4. The van der Waals surface area contributed by atoms with Gasteiger partial charge < -0.3 is 19.4 Å². The Balaban J connectivity index is 1.30. The molecule has 1 aliphatic rings. The van der Waals surface area contributed by atoms with Gasteiger partial charge in [0.2, 0.25) is 0 Å². The van der Waals surface area contributed by atoms with Gasteiger partial charge in [0.1, 0.15) is 23.8 Å². The van der Waals surface area contributed by atoms with Crippen LogP contribution in [0.15, 0.2) is 84.9 Å². The summed E-state index contributed by atoms with van der Waals surface area (Å²) in [6.45, 7) is 1.18. The largest absolute Gasteiger partial charge is 0.497 e. The first-order chi connectivity index (χ1) is 16.7. The Morgan fingerprint density at radius 1 is 0.912 bits per heavy atom. The topological polar surface area (TPSA) is 54.6 Å². The van der Waals surface area contributed by atoms with Crippen molar-refractivity contribution >= 4 is 33.3 Å². The molecule has 0 aliphatic carbocycles. The van der Waals surface area contributed by atoms with Gasteiger partial charge in [0.05, 0.1) is 7.11 Å². The van der Waals surface area contributed by atoms with Crippen LogP contribution in [0.2, 0.25) is 0 Å². The summed E-state index contributed by atoms with van der Waals surface area (Å²) in [5.41, 5.74) is 4.79. The second kappa shape index (κ2) is 8.27. The van der Waals surface area contributed by atoms with Gasteiger partial charge in [-0.2, -0.15) is 0 Å². The van der Waals surface area contributed by atoms with E-state index in [-0.39, 0.29) is 5.91 Å². The number of anilines is 1. The smallest absolute Gasteiger partial charge is 0.274 e. The van der Waals surface area contributed by atoms with Gasteiger partial charge in [0.15, 0.2) is 0 Å². The molecule has 0 saturated carbocycles. The lowest BCUT2D eigenvalue weighted by Crippen LogP contribution is -2.29. The Morgan fingerprint density at radius 3 is 2.59 bits per heavy atom. The summed E-state index contributed by atoms with van der Waals surface area (Å²) >= 11 is 0. The molecule has 5 heteroatoms. The minimum Gasteiger partial charge on any atom is -0.497 e. The highest BCUT2D eigenvalue weighted by Gasteiger charge is 2.28. The highest BCUT2D eigenvalue weighted by atomic mass is 16.5. The van der Waals surface area contributed by atoms with E-state index in [0.717, 1.165) is 50.8 Å². The van der Waals surface area contributed by atoms with Gasteiger partial charge in [0.25, 0.3) is 5.91 Å². The van der Waals surface area contributed by atoms with Crippen molar-refractivity contribution in [3.63, 3.8) is 0 Å². The van der Waals surface area contributed by atoms with E-state index in [0.29, 0.717) is 18.8 Å². The molecular formula is C29H24N2O3. The molecule has 0 radical (unpaired) electrons. The van der Waals surface area contributed by atoms with Crippen LogP contribution in [0.4, 0.5) is 5.69 Å². The highest BCUT2D eigenvalue weighted by Crippen LogP contribution is 2.37. The third kappa shape index (κ3) is 3.55. The monoisotopic (exact) mass is 448 g/mol. The summed E-state index contributed by atoms with van der Waals surface area (Å²) in [7, 11) is 1.64. The maximum Gasteiger partial charge on any atom is 0.274 e. The average molecular weight is 449 g/mol. The number of nitrogens with one attached hydrogen (secondary N) is 1. The van der Waals surface area contributed by atoms with E-state index in [1.54, 1.807) is 7.11 Å². The number of H-pyrrole nitrogens is 1. The molecule has 2 heterocycles. The van der Waals surface area contributed by atoms with Gasteiger partial charge >= 0.3 is 0 Å². The number of ether oxygens (including phenoxy) is 2. The molecule has 168 valence electrons. The molecule has 0 atom stereocenters. The van der Waals surface area contributed by atoms with E-state index in [1.807, 2.05) is 53.4 Å². The van der Waals surface area contributed by atoms with E-state index in [9.17, 15) is 4.79 Å². The molecule has 0 saturated heterocycles. The average Bonchev–Trinajstić information content (AvgIpc) is 3.51. The number of hydrogen-bond acceptors (Lipinski definition) is 3. The number of rotatable bonds is 5. The van der Waals surface area contributed by atoms with Crippen molar-refractivity contribution in [1.82, 2.24) is 4.98 Å². The number of carbonyl (C=O) groups excluding carboxylic acids is 1. The second-order valence-corrected chi connectivity index (χ2v) is 8.56. The zero-order valence-corrected chi connectivity index (χ0v) is 18.9. The lowest BCUT2D eigenvalue weighted by Gasteiger charge is -2.17. The van der Waals surface area contributed by atoms with Crippen LogP contribution < -0.4 is 14.4 Å². The first kappa shape index (κ1) is 20.4. The van der Waals surface area contributed by atoms with Crippen LogP contribution in [-0.4, -0.2) is 24.5 Å². The van der Waals surface area contributed by atoms with Gasteiger partial charge in [-0.05, 0) is 70.8 Å². The fourth-order valence-electron chi connectivity index (χ4n) is 4.75. The summed E-state index contributed by atoms with van der Waals surface area (Å²) in [6, 6.07) is 28.1. The summed E-state index contributed by atoms with van der Waals surface area (Å²) in [5, 5.41) is 3.25. The minimum absolute atomic E-state index is 0.0234. The van der Waals surface area contributed by atoms with Gasteiger partial charge in [-0.15, -0.1) is 0 Å². The van der Waals surface area contributed by atoms with E-state index in [4.69, 9.17) is 9.47 Å². The standard InChI is InChI=1S/C29H24N2O3/c1-33-22-10-11-26-21(15-22)16-27(30-26)29(32)31-14-13-24-25-17-23(9-7-20(25)8-12-28(24)31)34-18-19-5-3-2-4-6-19/h2-12,15-17,30H,13-14,18H2,1H3. The van der Waals surface area contributed by atoms with E-state index < -0.39 is 0 Å². The Bertz CT molecular complexity index is 1520. The van der Waals surface area contributed by atoms with Crippen LogP contribution in [-0.2, 0) is 13.0 Å². The number of nitrogens with zero attached hydrogens (tertiary/aromatic N) is 1. The number of fused-ring (bicyclic) bond motifs is 4. The predicted octanol–water partition coefficient (Wildman–Crippen LogP) is 6.11. The van der Waals surface area contributed by atoms with Crippen LogP contribution in [0.3, 0.4) is 0 Å².